The molecular weight excluding hydrogens is 450 g/mol. The fourth-order valence-corrected chi connectivity index (χ4v) is 4.95. The minimum Gasteiger partial charge on any atom is -0.264 e. The highest BCUT2D eigenvalue weighted by atomic mass is 16.2. The number of nitrogens with zero attached hydrogens (tertiary/aromatic N) is 6. The third kappa shape index (κ3) is 5.30. The van der Waals surface area contributed by atoms with Gasteiger partial charge in [-0.15, -0.1) is 15.3 Å². The molecule has 0 unspecified atom stereocenters. The lowest BCUT2D eigenvalue weighted by Gasteiger charge is -2.20. The van der Waals surface area contributed by atoms with Crippen LogP contribution in [0.2, 0.25) is 0 Å². The highest BCUT2D eigenvalue weighted by Crippen LogP contribution is 2.30. The molecule has 0 saturated heterocycles. The minimum absolute atomic E-state index is 0.0854. The van der Waals surface area contributed by atoms with Gasteiger partial charge < -0.3 is 0 Å². The Hall–Kier alpha value is -3.99. The first-order valence-corrected chi connectivity index (χ1v) is 12.8. The number of hydrogen-bond donors (Lipinski definition) is 1. The van der Waals surface area contributed by atoms with Crippen LogP contribution in [0.3, 0.4) is 0 Å². The highest BCUT2D eigenvalue weighted by molar-refractivity contribution is 5.80. The molecule has 8 nitrogen and oxygen atoms in total. The second kappa shape index (κ2) is 11.2. The van der Waals surface area contributed by atoms with Crippen LogP contribution in [0.1, 0.15) is 63.3 Å². The molecule has 0 aliphatic heterocycles. The molecule has 2 aromatic carbocycles. The lowest BCUT2D eigenvalue weighted by Crippen LogP contribution is -2.26. The van der Waals surface area contributed by atoms with Crippen molar-refractivity contribution in [1.29, 1.82) is 0 Å². The first-order valence-electron chi connectivity index (χ1n) is 12.8. The van der Waals surface area contributed by atoms with Crippen LogP contribution >= 0.6 is 0 Å². The highest BCUT2D eigenvalue weighted by Gasteiger charge is 2.17. The van der Waals surface area contributed by atoms with Crippen molar-refractivity contribution >= 4 is 0 Å². The van der Waals surface area contributed by atoms with Gasteiger partial charge in [0.1, 0.15) is 0 Å². The summed E-state index contributed by atoms with van der Waals surface area (Å²) in [6.07, 6.45) is 8.20. The molecule has 1 N–H and O–H groups in total. The van der Waals surface area contributed by atoms with Crippen LogP contribution in [0.5, 0.6) is 0 Å². The number of H-pyrrole nitrogens is 1. The van der Waals surface area contributed by atoms with Crippen LogP contribution in [0, 0.1) is 17.8 Å². The summed E-state index contributed by atoms with van der Waals surface area (Å²) in [6, 6.07) is 16.2. The van der Waals surface area contributed by atoms with Gasteiger partial charge >= 0.3 is 5.69 Å². The van der Waals surface area contributed by atoms with Crippen molar-refractivity contribution < 1.29 is 0 Å². The van der Waals surface area contributed by atoms with Gasteiger partial charge in [-0.05, 0) is 40.2 Å². The lowest BCUT2D eigenvalue weighted by molar-refractivity contribution is 0.316. The van der Waals surface area contributed by atoms with E-state index in [-0.39, 0.29) is 5.69 Å². The summed E-state index contributed by atoms with van der Waals surface area (Å²) in [7, 11) is 0. The third-order valence-corrected chi connectivity index (χ3v) is 6.89. The molecule has 2 heterocycles. The summed E-state index contributed by atoms with van der Waals surface area (Å²) in [5, 5.41) is 19.1. The smallest absolute Gasteiger partial charge is 0.264 e. The zero-order valence-corrected chi connectivity index (χ0v) is 20.7. The molecule has 8 heteroatoms. The van der Waals surface area contributed by atoms with E-state index in [1.54, 1.807) is 9.25 Å². The number of rotatable bonds is 7. The number of aromatic nitrogens is 7. The van der Waals surface area contributed by atoms with Gasteiger partial charge in [-0.25, -0.2) is 9.48 Å². The van der Waals surface area contributed by atoms with E-state index in [2.05, 4.69) is 49.7 Å². The second-order valence-corrected chi connectivity index (χ2v) is 9.34. The normalized spacial score (nSPS) is 13.9. The van der Waals surface area contributed by atoms with E-state index >= 15 is 0 Å². The van der Waals surface area contributed by atoms with E-state index in [9.17, 15) is 4.79 Å². The molecule has 184 valence electrons. The minimum atomic E-state index is -0.0854. The van der Waals surface area contributed by atoms with Crippen molar-refractivity contribution in [3.05, 3.63) is 70.4 Å². The molecular formula is C28H31N7O. The zero-order valence-electron chi connectivity index (χ0n) is 20.7. The van der Waals surface area contributed by atoms with Gasteiger partial charge in [0.05, 0.1) is 6.54 Å². The number of hydrogen-bond acceptors (Lipinski definition) is 5. The average Bonchev–Trinajstić information content (AvgIpc) is 3.56. The van der Waals surface area contributed by atoms with E-state index < -0.39 is 0 Å². The average molecular weight is 482 g/mol. The van der Waals surface area contributed by atoms with Crippen LogP contribution in [0.15, 0.2) is 53.3 Å². The molecule has 0 atom stereocenters. The topological polar surface area (TPSA) is 94.3 Å². The van der Waals surface area contributed by atoms with Gasteiger partial charge in [0.25, 0.3) is 0 Å². The Balaban J connectivity index is 1.37. The molecule has 1 saturated carbocycles. The molecule has 0 bridgehead atoms. The largest absolute Gasteiger partial charge is 0.347 e. The molecule has 36 heavy (non-hydrogen) atoms. The monoisotopic (exact) mass is 481 g/mol. The van der Waals surface area contributed by atoms with Crippen molar-refractivity contribution in [3.63, 3.8) is 0 Å². The fourth-order valence-electron chi connectivity index (χ4n) is 4.95. The summed E-state index contributed by atoms with van der Waals surface area (Å²) in [6.45, 7) is 3.09. The van der Waals surface area contributed by atoms with Crippen LogP contribution < -0.4 is 5.69 Å². The molecule has 4 aromatic rings. The first-order chi connectivity index (χ1) is 17.7. The second-order valence-electron chi connectivity index (χ2n) is 9.34. The van der Waals surface area contributed by atoms with Gasteiger partial charge in [0, 0.05) is 18.5 Å². The Kier molecular flexibility index (Phi) is 7.36. The SMILES string of the molecule is CCC#Cc1nn(CCC2CCCCC2)c(=O)n1Cc1ccc(-c2ccccc2-c2nn[nH]n2)cc1. The Morgan fingerprint density at radius 2 is 1.81 bits per heavy atom. The van der Waals surface area contributed by atoms with Crippen molar-refractivity contribution in [2.45, 2.75) is 65.0 Å². The predicted octanol–water partition coefficient (Wildman–Crippen LogP) is 4.67. The molecule has 5 rings (SSSR count). The molecule has 1 fully saturated rings. The van der Waals surface area contributed by atoms with Crippen molar-refractivity contribution in [2.24, 2.45) is 5.92 Å². The maximum Gasteiger partial charge on any atom is 0.347 e. The van der Waals surface area contributed by atoms with Crippen molar-refractivity contribution in [3.8, 4) is 34.4 Å². The Morgan fingerprint density at radius 3 is 2.53 bits per heavy atom. The molecule has 0 amide bonds. The van der Waals surface area contributed by atoms with Crippen LogP contribution in [-0.4, -0.2) is 35.0 Å². The van der Waals surface area contributed by atoms with Gasteiger partial charge in [-0.3, -0.25) is 4.57 Å². The number of benzene rings is 2. The van der Waals surface area contributed by atoms with Crippen molar-refractivity contribution in [1.82, 2.24) is 35.0 Å². The molecule has 1 aliphatic rings. The number of aryl methyl sites for hydroxylation is 1. The summed E-state index contributed by atoms with van der Waals surface area (Å²) in [5.41, 5.74) is 3.90. The summed E-state index contributed by atoms with van der Waals surface area (Å²) >= 11 is 0. The Morgan fingerprint density at radius 1 is 1.03 bits per heavy atom. The number of nitrogens with one attached hydrogen (secondary N) is 1. The maximum absolute atomic E-state index is 13.3. The molecule has 0 radical (unpaired) electrons. The third-order valence-electron chi connectivity index (χ3n) is 6.89. The molecule has 1 aliphatic carbocycles. The van der Waals surface area contributed by atoms with E-state index in [0.29, 0.717) is 30.7 Å². The maximum atomic E-state index is 13.3. The molecule has 0 spiro atoms. The van der Waals surface area contributed by atoms with Crippen molar-refractivity contribution in [2.75, 3.05) is 0 Å². The fraction of sp³-hybridized carbons (Fsp3) is 0.393. The van der Waals surface area contributed by atoms with Gasteiger partial charge in [0.2, 0.25) is 11.6 Å². The summed E-state index contributed by atoms with van der Waals surface area (Å²) in [4.78, 5) is 13.3. The van der Waals surface area contributed by atoms with Gasteiger partial charge in [0.15, 0.2) is 0 Å². The first kappa shape index (κ1) is 23.7. The quantitative estimate of drug-likeness (QED) is 0.387. The molecule has 2 aromatic heterocycles. The Bertz CT molecular complexity index is 1400. The number of aromatic amines is 1. The van der Waals surface area contributed by atoms with E-state index in [0.717, 1.165) is 35.1 Å². The van der Waals surface area contributed by atoms with Gasteiger partial charge in [-0.1, -0.05) is 93.5 Å². The van der Waals surface area contributed by atoms with Crippen LogP contribution in [0.4, 0.5) is 0 Å². The standard InChI is InChI=1S/C28H31N7O/c1-2-3-13-26-31-35(19-18-21-9-5-4-6-10-21)28(36)34(26)20-22-14-16-23(17-15-22)24-11-7-8-12-25(24)27-29-32-33-30-27/h7-8,11-12,14-17,21H,2,4-6,9-10,18-20H2,1H3,(H,29,30,32,33). The zero-order chi connectivity index (χ0) is 24.7. The van der Waals surface area contributed by atoms with E-state index in [4.69, 9.17) is 0 Å². The summed E-state index contributed by atoms with van der Waals surface area (Å²) < 4.78 is 3.32. The Labute approximate surface area is 210 Å². The van der Waals surface area contributed by atoms with Crippen LogP contribution in [-0.2, 0) is 13.1 Å². The van der Waals surface area contributed by atoms with E-state index in [1.165, 1.54) is 32.1 Å². The predicted molar refractivity (Wildman–Crippen MR) is 139 cm³/mol. The number of tetrazole rings is 1. The van der Waals surface area contributed by atoms with Gasteiger partial charge in [-0.2, -0.15) is 5.21 Å². The lowest BCUT2D eigenvalue weighted by atomic mass is 9.87. The van der Waals surface area contributed by atoms with Crippen LogP contribution in [0.25, 0.3) is 22.5 Å². The van der Waals surface area contributed by atoms with E-state index in [1.807, 2.05) is 43.3 Å². The summed E-state index contributed by atoms with van der Waals surface area (Å²) in [5.74, 6) is 7.98.